The first kappa shape index (κ1) is 16.9. The molecule has 0 saturated heterocycles. The molecule has 0 aromatic heterocycles. The predicted octanol–water partition coefficient (Wildman–Crippen LogP) is 3.38. The molecule has 0 amide bonds. The van der Waals surface area contributed by atoms with Crippen LogP contribution in [0.15, 0.2) is 48.5 Å². The quantitative estimate of drug-likeness (QED) is 0.917. The van der Waals surface area contributed by atoms with Gasteiger partial charge in [0.1, 0.15) is 12.3 Å². The number of hydrogen-bond donors (Lipinski definition) is 1. The van der Waals surface area contributed by atoms with Gasteiger partial charge in [-0.15, -0.1) is 0 Å². The smallest absolute Gasteiger partial charge is 0.323 e. The number of fused-ring (bicyclic) bond motifs is 4. The van der Waals surface area contributed by atoms with Crippen molar-refractivity contribution < 1.29 is 19.4 Å². The Morgan fingerprint density at radius 3 is 2.54 bits per heavy atom. The Labute approximate surface area is 153 Å². The van der Waals surface area contributed by atoms with Crippen molar-refractivity contribution in [3.05, 3.63) is 59.7 Å². The summed E-state index contributed by atoms with van der Waals surface area (Å²) in [6.45, 7) is 4.67. The molecule has 1 N–H and O–H groups in total. The zero-order chi connectivity index (χ0) is 18.5. The van der Waals surface area contributed by atoms with Gasteiger partial charge < -0.3 is 19.5 Å². The molecular weight excluding hydrogens is 330 g/mol. The fraction of sp³-hybridized carbons (Fsp3) is 0.381. The van der Waals surface area contributed by atoms with Crippen LogP contribution in [-0.2, 0) is 20.7 Å². The first-order valence-corrected chi connectivity index (χ1v) is 8.79. The van der Waals surface area contributed by atoms with Gasteiger partial charge in [0.05, 0.1) is 12.5 Å². The SMILES string of the molecule is CO[C@]12c3ccccc3OC[C@@H]1C(C)(C)c1ccccc1N2CC(=O)O. The third kappa shape index (κ3) is 2.10. The van der Waals surface area contributed by atoms with E-state index in [0.29, 0.717) is 6.61 Å². The number of hydrogen-bond acceptors (Lipinski definition) is 4. The Bertz CT molecular complexity index is 863. The number of anilines is 1. The maximum atomic E-state index is 11.8. The standard InChI is InChI=1S/C21H23NO4/c1-20(2)14-8-4-6-10-16(14)22(12-19(23)24)21(25-3)15-9-5-7-11-17(15)26-13-18(20)21/h4-11,18H,12-13H2,1-3H3,(H,23,24)/t18-,21-/m1/s1. The molecule has 2 heterocycles. The summed E-state index contributed by atoms with van der Waals surface area (Å²) in [5, 5.41) is 9.64. The fourth-order valence-corrected chi connectivity index (χ4v) is 4.71. The number of para-hydroxylation sites is 2. The normalized spacial score (nSPS) is 25.5. The molecule has 4 rings (SSSR count). The topological polar surface area (TPSA) is 59.0 Å². The van der Waals surface area contributed by atoms with Crippen molar-refractivity contribution >= 4 is 11.7 Å². The van der Waals surface area contributed by atoms with Gasteiger partial charge in [0.25, 0.3) is 0 Å². The maximum absolute atomic E-state index is 11.8. The first-order chi connectivity index (χ1) is 12.4. The van der Waals surface area contributed by atoms with E-state index < -0.39 is 11.7 Å². The Morgan fingerprint density at radius 2 is 1.85 bits per heavy atom. The summed E-state index contributed by atoms with van der Waals surface area (Å²) in [6.07, 6.45) is 0. The Balaban J connectivity index is 2.05. The van der Waals surface area contributed by atoms with E-state index in [0.717, 1.165) is 22.6 Å². The Morgan fingerprint density at radius 1 is 1.19 bits per heavy atom. The molecule has 0 unspecified atom stereocenters. The van der Waals surface area contributed by atoms with Gasteiger partial charge in [-0.1, -0.05) is 50.2 Å². The highest BCUT2D eigenvalue weighted by atomic mass is 16.5. The highest BCUT2D eigenvalue weighted by Crippen LogP contribution is 2.58. The second kappa shape index (κ2) is 5.74. The molecule has 136 valence electrons. The zero-order valence-corrected chi connectivity index (χ0v) is 15.2. The highest BCUT2D eigenvalue weighted by Gasteiger charge is 2.60. The Kier molecular flexibility index (Phi) is 3.74. The van der Waals surface area contributed by atoms with Gasteiger partial charge >= 0.3 is 5.97 Å². The van der Waals surface area contributed by atoms with Crippen LogP contribution >= 0.6 is 0 Å². The van der Waals surface area contributed by atoms with E-state index in [1.54, 1.807) is 7.11 Å². The van der Waals surface area contributed by atoms with Crippen molar-refractivity contribution in [2.24, 2.45) is 5.92 Å². The van der Waals surface area contributed by atoms with Crippen LogP contribution < -0.4 is 9.64 Å². The van der Waals surface area contributed by atoms with E-state index in [9.17, 15) is 9.90 Å². The van der Waals surface area contributed by atoms with E-state index in [4.69, 9.17) is 9.47 Å². The Hall–Kier alpha value is -2.53. The molecule has 2 atom stereocenters. The molecule has 2 aromatic carbocycles. The van der Waals surface area contributed by atoms with E-state index in [1.807, 2.05) is 47.4 Å². The lowest BCUT2D eigenvalue weighted by atomic mass is 9.62. The molecule has 5 nitrogen and oxygen atoms in total. The van der Waals surface area contributed by atoms with Crippen LogP contribution in [0.5, 0.6) is 5.75 Å². The molecule has 2 aliphatic heterocycles. The molecule has 2 aromatic rings. The van der Waals surface area contributed by atoms with Crippen LogP contribution in [0.3, 0.4) is 0 Å². The average Bonchev–Trinajstić information content (AvgIpc) is 2.64. The summed E-state index contributed by atoms with van der Waals surface area (Å²) >= 11 is 0. The molecule has 0 saturated carbocycles. The molecule has 5 heteroatoms. The van der Waals surface area contributed by atoms with Gasteiger partial charge in [-0.2, -0.15) is 0 Å². The summed E-state index contributed by atoms with van der Waals surface area (Å²) in [4.78, 5) is 13.6. The largest absolute Gasteiger partial charge is 0.493 e. The second-order valence-corrected chi connectivity index (χ2v) is 7.48. The average molecular weight is 353 g/mol. The number of ether oxygens (including phenoxy) is 2. The summed E-state index contributed by atoms with van der Waals surface area (Å²) < 4.78 is 12.3. The monoisotopic (exact) mass is 353 g/mol. The van der Waals surface area contributed by atoms with Crippen LogP contribution in [0.1, 0.15) is 25.0 Å². The lowest BCUT2D eigenvalue weighted by Gasteiger charge is -2.59. The number of benzene rings is 2. The lowest BCUT2D eigenvalue weighted by Crippen LogP contribution is -2.65. The van der Waals surface area contributed by atoms with E-state index in [-0.39, 0.29) is 17.9 Å². The van der Waals surface area contributed by atoms with Gasteiger partial charge in [-0.25, -0.2) is 0 Å². The van der Waals surface area contributed by atoms with Crippen LogP contribution in [-0.4, -0.2) is 31.3 Å². The van der Waals surface area contributed by atoms with Crippen molar-refractivity contribution in [2.45, 2.75) is 25.0 Å². The van der Waals surface area contributed by atoms with Crippen molar-refractivity contribution in [3.63, 3.8) is 0 Å². The maximum Gasteiger partial charge on any atom is 0.323 e. The molecule has 2 aliphatic rings. The number of nitrogens with zero attached hydrogens (tertiary/aromatic N) is 1. The summed E-state index contributed by atoms with van der Waals surface area (Å²) in [5.41, 5.74) is 1.74. The van der Waals surface area contributed by atoms with Gasteiger partial charge in [-0.3, -0.25) is 4.79 Å². The number of aliphatic carboxylic acids is 1. The fourth-order valence-electron chi connectivity index (χ4n) is 4.71. The van der Waals surface area contributed by atoms with Crippen molar-refractivity contribution in [3.8, 4) is 5.75 Å². The van der Waals surface area contributed by atoms with Crippen molar-refractivity contribution in [1.82, 2.24) is 0 Å². The molecule has 0 aliphatic carbocycles. The number of carbonyl (C=O) groups is 1. The molecule has 0 bridgehead atoms. The molecule has 0 spiro atoms. The predicted molar refractivity (Wildman–Crippen MR) is 98.6 cm³/mol. The number of carboxylic acid groups (broad SMARTS) is 1. The minimum absolute atomic E-state index is 0.0656. The highest BCUT2D eigenvalue weighted by molar-refractivity contribution is 5.77. The zero-order valence-electron chi connectivity index (χ0n) is 15.2. The minimum atomic E-state index is -0.898. The van der Waals surface area contributed by atoms with E-state index >= 15 is 0 Å². The van der Waals surface area contributed by atoms with Gasteiger partial charge in [-0.05, 0) is 17.7 Å². The van der Waals surface area contributed by atoms with E-state index in [1.165, 1.54) is 0 Å². The minimum Gasteiger partial charge on any atom is -0.493 e. The number of carboxylic acids is 1. The summed E-state index contributed by atoms with van der Waals surface area (Å²) in [5.74, 6) is -0.209. The van der Waals surface area contributed by atoms with Crippen molar-refractivity contribution in [1.29, 1.82) is 0 Å². The second-order valence-electron chi connectivity index (χ2n) is 7.48. The first-order valence-electron chi connectivity index (χ1n) is 8.79. The van der Waals surface area contributed by atoms with E-state index in [2.05, 4.69) is 19.9 Å². The molecule has 0 fully saturated rings. The van der Waals surface area contributed by atoms with Crippen LogP contribution in [0.25, 0.3) is 0 Å². The number of rotatable bonds is 3. The van der Waals surface area contributed by atoms with Crippen molar-refractivity contribution in [2.75, 3.05) is 25.2 Å². The summed E-state index contributed by atoms with van der Waals surface area (Å²) in [6, 6.07) is 15.8. The lowest BCUT2D eigenvalue weighted by molar-refractivity contribution is -0.143. The van der Waals surface area contributed by atoms with Crippen LogP contribution in [0.4, 0.5) is 5.69 Å². The van der Waals surface area contributed by atoms with Crippen LogP contribution in [0.2, 0.25) is 0 Å². The van der Waals surface area contributed by atoms with Gasteiger partial charge in [0.2, 0.25) is 0 Å². The van der Waals surface area contributed by atoms with Gasteiger partial charge in [0.15, 0.2) is 5.72 Å². The molecular formula is C21H23NO4. The third-order valence-electron chi connectivity index (χ3n) is 5.92. The molecule has 26 heavy (non-hydrogen) atoms. The third-order valence-corrected chi connectivity index (χ3v) is 5.92. The molecule has 0 radical (unpaired) electrons. The summed E-state index contributed by atoms with van der Waals surface area (Å²) in [7, 11) is 1.66. The van der Waals surface area contributed by atoms with Crippen LogP contribution in [0, 0.1) is 5.92 Å². The number of methoxy groups -OCH3 is 1. The van der Waals surface area contributed by atoms with Gasteiger partial charge in [0, 0.05) is 23.8 Å².